The Kier molecular flexibility index (Phi) is 4.80. The predicted octanol–water partition coefficient (Wildman–Crippen LogP) is 5.49. The van der Waals surface area contributed by atoms with Gasteiger partial charge in [-0.3, -0.25) is 4.57 Å². The summed E-state index contributed by atoms with van der Waals surface area (Å²) < 4.78 is 53.0. The fraction of sp³-hybridized carbons (Fsp3) is 0.0435. The Labute approximate surface area is 167 Å². The summed E-state index contributed by atoms with van der Waals surface area (Å²) in [5, 5.41) is 0. The van der Waals surface area contributed by atoms with Gasteiger partial charge >= 0.3 is 0 Å². The molecule has 4 aromatic rings. The highest BCUT2D eigenvalue weighted by Crippen LogP contribution is 2.33. The van der Waals surface area contributed by atoms with Crippen molar-refractivity contribution in [1.82, 2.24) is 4.57 Å². The summed E-state index contributed by atoms with van der Waals surface area (Å²) in [7, 11) is -3.32. The van der Waals surface area contributed by atoms with Gasteiger partial charge in [-0.2, -0.15) is 4.39 Å². The fourth-order valence-corrected chi connectivity index (χ4v) is 3.93. The molecule has 0 saturated heterocycles. The number of para-hydroxylation sites is 1. The van der Waals surface area contributed by atoms with Crippen LogP contribution in [0.2, 0.25) is 0 Å². The number of halogens is 2. The van der Waals surface area contributed by atoms with E-state index in [4.69, 9.17) is 0 Å². The summed E-state index contributed by atoms with van der Waals surface area (Å²) in [6.45, 7) is 0. The number of hydrogen-bond acceptors (Lipinski definition) is 2. The van der Waals surface area contributed by atoms with E-state index in [0.29, 0.717) is 16.9 Å². The smallest absolute Gasteiger partial charge is 0.198 e. The minimum Gasteiger partial charge on any atom is -0.286 e. The van der Waals surface area contributed by atoms with Crippen LogP contribution in [-0.4, -0.2) is 19.2 Å². The maximum atomic E-state index is 14.8. The van der Waals surface area contributed by atoms with Gasteiger partial charge in [-0.05, 0) is 53.6 Å². The molecule has 0 radical (unpaired) electrons. The Bertz CT molecular complexity index is 1280. The van der Waals surface area contributed by atoms with Crippen molar-refractivity contribution >= 4 is 9.84 Å². The molecule has 6 heteroatoms. The van der Waals surface area contributed by atoms with Crippen LogP contribution in [0.5, 0.6) is 0 Å². The summed E-state index contributed by atoms with van der Waals surface area (Å²) in [4.78, 5) is 0.201. The molecule has 0 saturated carbocycles. The van der Waals surface area contributed by atoms with Gasteiger partial charge in [0.2, 0.25) is 0 Å². The second-order valence-electron chi connectivity index (χ2n) is 6.70. The van der Waals surface area contributed by atoms with Crippen LogP contribution in [0.15, 0.2) is 89.8 Å². The molecule has 0 aliphatic carbocycles. The zero-order valence-electron chi connectivity index (χ0n) is 15.5. The minimum atomic E-state index is -3.32. The SMILES string of the molecule is CS(=O)(=O)c1ccc(-c2ccc(F)n2-c2ccccc2-c2ccc(F)cc2)cc1. The molecule has 0 spiro atoms. The molecule has 0 amide bonds. The van der Waals surface area contributed by atoms with Crippen LogP contribution in [0.3, 0.4) is 0 Å². The zero-order chi connectivity index (χ0) is 20.6. The van der Waals surface area contributed by atoms with Crippen molar-refractivity contribution in [2.45, 2.75) is 4.90 Å². The van der Waals surface area contributed by atoms with E-state index >= 15 is 0 Å². The molecule has 29 heavy (non-hydrogen) atoms. The molecule has 3 nitrogen and oxygen atoms in total. The molecule has 0 unspecified atom stereocenters. The average Bonchev–Trinajstić information content (AvgIpc) is 3.09. The number of nitrogens with zero attached hydrogens (tertiary/aromatic N) is 1. The third-order valence-corrected chi connectivity index (χ3v) is 5.84. The lowest BCUT2D eigenvalue weighted by Crippen LogP contribution is -2.02. The molecule has 0 aliphatic heterocycles. The molecule has 0 N–H and O–H groups in total. The van der Waals surface area contributed by atoms with Crippen molar-refractivity contribution in [2.24, 2.45) is 0 Å². The number of benzene rings is 3. The third-order valence-electron chi connectivity index (χ3n) is 4.71. The maximum absolute atomic E-state index is 14.8. The number of hydrogen-bond donors (Lipinski definition) is 0. The first-order chi connectivity index (χ1) is 13.8. The number of aromatic nitrogens is 1. The maximum Gasteiger partial charge on any atom is 0.198 e. The van der Waals surface area contributed by atoms with Gasteiger partial charge < -0.3 is 0 Å². The zero-order valence-corrected chi connectivity index (χ0v) is 16.3. The second-order valence-corrected chi connectivity index (χ2v) is 8.71. The highest BCUT2D eigenvalue weighted by Gasteiger charge is 2.16. The standard InChI is InChI=1S/C23H17F2NO2S/c1-29(27,28)19-12-8-17(9-13-19)21-14-15-23(25)26(21)22-5-3-2-4-20(22)16-6-10-18(24)11-7-16/h2-15H,1H3. The monoisotopic (exact) mass is 409 g/mol. The average molecular weight is 409 g/mol. The van der Waals surface area contributed by atoms with Crippen LogP contribution < -0.4 is 0 Å². The molecular weight excluding hydrogens is 392 g/mol. The van der Waals surface area contributed by atoms with E-state index in [1.807, 2.05) is 12.1 Å². The quantitative estimate of drug-likeness (QED) is 0.447. The van der Waals surface area contributed by atoms with Gasteiger partial charge in [0, 0.05) is 11.8 Å². The first kappa shape index (κ1) is 19.1. The van der Waals surface area contributed by atoms with Crippen LogP contribution in [0, 0.1) is 11.8 Å². The molecule has 146 valence electrons. The van der Waals surface area contributed by atoms with E-state index in [-0.39, 0.29) is 10.7 Å². The van der Waals surface area contributed by atoms with Gasteiger partial charge in [-0.25, -0.2) is 12.8 Å². The molecule has 3 aromatic carbocycles. The van der Waals surface area contributed by atoms with Gasteiger partial charge in [0.25, 0.3) is 0 Å². The lowest BCUT2D eigenvalue weighted by molar-refractivity contribution is 0.562. The molecule has 4 rings (SSSR count). The summed E-state index contributed by atoms with van der Waals surface area (Å²) >= 11 is 0. The Morgan fingerprint density at radius 3 is 2.00 bits per heavy atom. The van der Waals surface area contributed by atoms with E-state index in [2.05, 4.69) is 0 Å². The summed E-state index contributed by atoms with van der Waals surface area (Å²) in [5.41, 5.74) is 3.36. The fourth-order valence-electron chi connectivity index (χ4n) is 3.30. The molecular formula is C23H17F2NO2S. The van der Waals surface area contributed by atoms with Crippen LogP contribution in [-0.2, 0) is 9.84 Å². The van der Waals surface area contributed by atoms with E-state index < -0.39 is 15.8 Å². The van der Waals surface area contributed by atoms with Crippen molar-refractivity contribution < 1.29 is 17.2 Å². The largest absolute Gasteiger partial charge is 0.286 e. The van der Waals surface area contributed by atoms with E-state index in [0.717, 1.165) is 17.4 Å². The Morgan fingerprint density at radius 1 is 0.724 bits per heavy atom. The normalized spacial score (nSPS) is 11.6. The summed E-state index contributed by atoms with van der Waals surface area (Å²) in [6, 6.07) is 22.6. The summed E-state index contributed by atoms with van der Waals surface area (Å²) in [5.74, 6) is -0.799. The van der Waals surface area contributed by atoms with E-state index in [1.54, 1.807) is 42.5 Å². The van der Waals surface area contributed by atoms with Crippen LogP contribution in [0.4, 0.5) is 8.78 Å². The molecule has 0 aliphatic rings. The van der Waals surface area contributed by atoms with Crippen molar-refractivity contribution in [3.63, 3.8) is 0 Å². The first-order valence-electron chi connectivity index (χ1n) is 8.88. The first-order valence-corrected chi connectivity index (χ1v) is 10.8. The topological polar surface area (TPSA) is 39.1 Å². The van der Waals surface area contributed by atoms with Gasteiger partial charge in [-0.15, -0.1) is 0 Å². The minimum absolute atomic E-state index is 0.201. The lowest BCUT2D eigenvalue weighted by atomic mass is 10.0. The van der Waals surface area contributed by atoms with E-state index in [9.17, 15) is 17.2 Å². The second kappa shape index (κ2) is 7.29. The number of rotatable bonds is 4. The molecule has 1 heterocycles. The van der Waals surface area contributed by atoms with Crippen LogP contribution >= 0.6 is 0 Å². The van der Waals surface area contributed by atoms with Crippen molar-refractivity contribution in [2.75, 3.05) is 6.26 Å². The third kappa shape index (κ3) is 3.71. The van der Waals surface area contributed by atoms with Gasteiger partial charge in [0.05, 0.1) is 16.3 Å². The van der Waals surface area contributed by atoms with Crippen molar-refractivity contribution in [3.8, 4) is 28.1 Å². The predicted molar refractivity (Wildman–Crippen MR) is 110 cm³/mol. The molecule has 0 atom stereocenters. The van der Waals surface area contributed by atoms with Crippen LogP contribution in [0.1, 0.15) is 0 Å². The lowest BCUT2D eigenvalue weighted by Gasteiger charge is -2.15. The molecule has 0 fully saturated rings. The molecule has 1 aromatic heterocycles. The highest BCUT2D eigenvalue weighted by molar-refractivity contribution is 7.90. The van der Waals surface area contributed by atoms with Crippen molar-refractivity contribution in [1.29, 1.82) is 0 Å². The number of sulfone groups is 1. The van der Waals surface area contributed by atoms with Crippen LogP contribution in [0.25, 0.3) is 28.1 Å². The highest BCUT2D eigenvalue weighted by atomic mass is 32.2. The van der Waals surface area contributed by atoms with Gasteiger partial charge in [0.15, 0.2) is 15.8 Å². The van der Waals surface area contributed by atoms with E-state index in [1.165, 1.54) is 34.9 Å². The van der Waals surface area contributed by atoms with Gasteiger partial charge in [0.1, 0.15) is 5.82 Å². The van der Waals surface area contributed by atoms with Gasteiger partial charge in [-0.1, -0.05) is 42.5 Å². The Balaban J connectivity index is 1.87. The van der Waals surface area contributed by atoms with Crippen molar-refractivity contribution in [3.05, 3.63) is 96.7 Å². The Hall–Kier alpha value is -3.25. The Morgan fingerprint density at radius 2 is 1.34 bits per heavy atom. The molecule has 0 bridgehead atoms. The summed E-state index contributed by atoms with van der Waals surface area (Å²) in [6.07, 6.45) is 1.14.